The van der Waals surface area contributed by atoms with Crippen LogP contribution in [-0.2, 0) is 9.59 Å². The Morgan fingerprint density at radius 3 is 2.36 bits per heavy atom. The summed E-state index contributed by atoms with van der Waals surface area (Å²) in [4.78, 5) is 21.8. The normalized spacial score (nSPS) is 46.6. The zero-order valence-corrected chi connectivity index (χ0v) is 7.52. The lowest BCUT2D eigenvalue weighted by atomic mass is 9.36. The van der Waals surface area contributed by atoms with Crippen LogP contribution in [0.3, 0.4) is 0 Å². The number of carbonyl (C=O) groups excluding carboxylic acids is 2. The second-order valence-corrected chi connectivity index (χ2v) is 4.82. The lowest BCUT2D eigenvalue weighted by Gasteiger charge is -2.66. The molecule has 0 saturated heterocycles. The Bertz CT molecular complexity index is 214. The topological polar surface area (TPSA) is 34.1 Å². The zero-order chi connectivity index (χ0) is 8.11. The van der Waals surface area contributed by atoms with Crippen molar-refractivity contribution in [3.8, 4) is 0 Å². The average Bonchev–Trinajstić information content (AvgIpc) is 1.83. The Kier molecular flexibility index (Phi) is 1.30. The quantitative estimate of drug-likeness (QED) is 0.471. The molecule has 3 heteroatoms. The first-order valence-corrected chi connectivity index (χ1v) is 5.35. The first-order valence-electron chi connectivity index (χ1n) is 3.85. The summed E-state index contributed by atoms with van der Waals surface area (Å²) in [5.41, 5.74) is 0.324. The summed E-state index contributed by atoms with van der Waals surface area (Å²) in [5.74, 6) is 0. The van der Waals surface area contributed by atoms with Crippen molar-refractivity contribution in [3.63, 3.8) is 0 Å². The lowest BCUT2D eigenvalue weighted by Crippen LogP contribution is -2.65. The van der Waals surface area contributed by atoms with E-state index < -0.39 is 0 Å². The van der Waals surface area contributed by atoms with Gasteiger partial charge in [0.25, 0.3) is 0 Å². The van der Waals surface area contributed by atoms with Gasteiger partial charge in [0, 0.05) is 10.8 Å². The van der Waals surface area contributed by atoms with Gasteiger partial charge in [0.1, 0.15) is 6.29 Å². The molecule has 0 aromatic rings. The monoisotopic (exact) mass is 170 g/mol. The smallest absolute Gasteiger partial charge is 0.157 e. The van der Waals surface area contributed by atoms with E-state index >= 15 is 0 Å². The molecule has 11 heavy (non-hydrogen) atoms. The predicted octanol–water partition coefficient (Wildman–Crippen LogP) is 1.19. The third kappa shape index (κ3) is 0.713. The summed E-state index contributed by atoms with van der Waals surface area (Å²) in [6, 6.07) is 0. The van der Waals surface area contributed by atoms with Crippen LogP contribution >= 0.6 is 8.58 Å². The molecule has 0 aromatic heterocycles. The molecule has 1 atom stereocenters. The van der Waals surface area contributed by atoms with Gasteiger partial charge in [-0.05, 0) is 25.9 Å². The second kappa shape index (κ2) is 1.92. The van der Waals surface area contributed by atoms with Crippen molar-refractivity contribution in [3.05, 3.63) is 0 Å². The van der Waals surface area contributed by atoms with Crippen molar-refractivity contribution in [2.24, 2.45) is 10.8 Å². The average molecular weight is 170 g/mol. The van der Waals surface area contributed by atoms with E-state index in [4.69, 9.17) is 0 Å². The summed E-state index contributed by atoms with van der Waals surface area (Å²) in [5, 5.41) is 0. The highest BCUT2D eigenvalue weighted by Crippen LogP contribution is 2.73. The van der Waals surface area contributed by atoms with Gasteiger partial charge < -0.3 is 4.79 Å². The molecule has 3 saturated carbocycles. The molecule has 0 heterocycles. The summed E-state index contributed by atoms with van der Waals surface area (Å²) in [7, 11) is 0.412. The fourth-order valence-electron chi connectivity index (χ4n) is 2.50. The fraction of sp³-hybridized carbons (Fsp3) is 0.750. The van der Waals surface area contributed by atoms with Gasteiger partial charge in [-0.3, -0.25) is 4.79 Å². The molecule has 0 aromatic carbocycles. The molecule has 3 aliphatic rings. The maximum Gasteiger partial charge on any atom is 0.157 e. The highest BCUT2D eigenvalue weighted by molar-refractivity contribution is 7.57. The Labute approximate surface area is 67.5 Å². The SMILES string of the molecule is CPC(=O)C12CC(C=O)(C1)C2. The summed E-state index contributed by atoms with van der Waals surface area (Å²) < 4.78 is 0. The van der Waals surface area contributed by atoms with E-state index in [2.05, 4.69) is 0 Å². The second-order valence-electron chi connectivity index (χ2n) is 3.87. The largest absolute Gasteiger partial charge is 0.303 e. The summed E-state index contributed by atoms with van der Waals surface area (Å²) >= 11 is 0. The van der Waals surface area contributed by atoms with Crippen molar-refractivity contribution < 1.29 is 9.59 Å². The van der Waals surface area contributed by atoms with Gasteiger partial charge in [-0.1, -0.05) is 8.58 Å². The number of hydrogen-bond donors (Lipinski definition) is 0. The van der Waals surface area contributed by atoms with E-state index in [-0.39, 0.29) is 10.8 Å². The van der Waals surface area contributed by atoms with Crippen LogP contribution in [0.2, 0.25) is 0 Å². The molecule has 60 valence electrons. The van der Waals surface area contributed by atoms with E-state index in [1.165, 1.54) is 0 Å². The van der Waals surface area contributed by atoms with Crippen LogP contribution in [0, 0.1) is 10.8 Å². The molecule has 1 unspecified atom stereocenters. The molecule has 0 amide bonds. The number of hydrogen-bond acceptors (Lipinski definition) is 2. The van der Waals surface area contributed by atoms with Crippen molar-refractivity contribution >= 4 is 20.4 Å². The van der Waals surface area contributed by atoms with Crippen molar-refractivity contribution in [2.45, 2.75) is 19.3 Å². The molecule has 0 radical (unpaired) electrons. The van der Waals surface area contributed by atoms with Crippen LogP contribution < -0.4 is 0 Å². The summed E-state index contributed by atoms with van der Waals surface area (Å²) in [6.45, 7) is 1.93. The predicted molar refractivity (Wildman–Crippen MR) is 44.0 cm³/mol. The molecule has 2 bridgehead atoms. The highest BCUT2D eigenvalue weighted by atomic mass is 31.1. The third-order valence-electron chi connectivity index (χ3n) is 3.03. The van der Waals surface area contributed by atoms with Gasteiger partial charge in [-0.25, -0.2) is 0 Å². The van der Waals surface area contributed by atoms with Gasteiger partial charge in [-0.15, -0.1) is 0 Å². The van der Waals surface area contributed by atoms with Gasteiger partial charge in [0.15, 0.2) is 5.52 Å². The number of aldehydes is 1. The molecular formula is C8H11O2P. The molecular weight excluding hydrogens is 159 g/mol. The Hall–Kier alpha value is -0.230. The van der Waals surface area contributed by atoms with E-state index in [0.29, 0.717) is 14.1 Å². The minimum Gasteiger partial charge on any atom is -0.303 e. The van der Waals surface area contributed by atoms with E-state index in [9.17, 15) is 9.59 Å². The molecule has 3 rings (SSSR count). The molecule has 3 fully saturated rings. The van der Waals surface area contributed by atoms with Crippen LogP contribution in [0.4, 0.5) is 0 Å². The molecule has 0 N–H and O–H groups in total. The van der Waals surface area contributed by atoms with Crippen molar-refractivity contribution in [1.29, 1.82) is 0 Å². The Morgan fingerprint density at radius 1 is 1.45 bits per heavy atom. The van der Waals surface area contributed by atoms with E-state index in [0.717, 1.165) is 25.5 Å². The van der Waals surface area contributed by atoms with Gasteiger partial charge in [0.2, 0.25) is 0 Å². The van der Waals surface area contributed by atoms with E-state index in [1.807, 2.05) is 6.66 Å². The molecule has 2 nitrogen and oxygen atoms in total. The minimum absolute atomic E-state index is 0.0197. The van der Waals surface area contributed by atoms with Crippen LogP contribution in [-0.4, -0.2) is 18.5 Å². The van der Waals surface area contributed by atoms with Crippen LogP contribution in [0.1, 0.15) is 19.3 Å². The maximum atomic E-state index is 11.3. The molecule has 3 aliphatic carbocycles. The van der Waals surface area contributed by atoms with E-state index in [1.54, 1.807) is 0 Å². The number of carbonyl (C=O) groups is 2. The van der Waals surface area contributed by atoms with Crippen LogP contribution in [0.25, 0.3) is 0 Å². The Morgan fingerprint density at radius 2 is 2.00 bits per heavy atom. The molecule has 0 aliphatic heterocycles. The zero-order valence-electron chi connectivity index (χ0n) is 6.52. The standard InChI is InChI=1S/C8H11O2P/c1-11-6(10)8-2-7(3-8,4-8)5-9/h5,11H,2-4H2,1H3. The lowest BCUT2D eigenvalue weighted by molar-refractivity contribution is -0.191. The first kappa shape index (κ1) is 7.42. The van der Waals surface area contributed by atoms with Crippen molar-refractivity contribution in [1.82, 2.24) is 0 Å². The van der Waals surface area contributed by atoms with Crippen molar-refractivity contribution in [2.75, 3.05) is 6.66 Å². The maximum absolute atomic E-state index is 11.3. The molecule has 0 spiro atoms. The number of rotatable bonds is 3. The fourth-order valence-corrected chi connectivity index (χ4v) is 3.29. The van der Waals surface area contributed by atoms with Crippen LogP contribution in [0.5, 0.6) is 0 Å². The minimum atomic E-state index is -0.0463. The summed E-state index contributed by atoms with van der Waals surface area (Å²) in [6.07, 6.45) is 3.59. The van der Waals surface area contributed by atoms with Crippen LogP contribution in [0.15, 0.2) is 0 Å². The van der Waals surface area contributed by atoms with Gasteiger partial charge >= 0.3 is 0 Å². The van der Waals surface area contributed by atoms with Gasteiger partial charge in [0.05, 0.1) is 0 Å². The third-order valence-corrected chi connectivity index (χ3v) is 4.01. The highest BCUT2D eigenvalue weighted by Gasteiger charge is 2.70. The van der Waals surface area contributed by atoms with Gasteiger partial charge in [-0.2, -0.15) is 0 Å². The Balaban J connectivity index is 2.04. The first-order chi connectivity index (χ1) is 5.16.